The maximum Gasteiger partial charge on any atom is 0.0702 e. The average Bonchev–Trinajstić information content (AvgIpc) is 2.72. The summed E-state index contributed by atoms with van der Waals surface area (Å²) in [7, 11) is 0. The Morgan fingerprint density at radius 1 is 1.29 bits per heavy atom. The van der Waals surface area contributed by atoms with Gasteiger partial charge in [-0.3, -0.25) is 9.91 Å². The number of rotatable bonds is 3. The van der Waals surface area contributed by atoms with Crippen molar-refractivity contribution < 1.29 is 4.74 Å². The van der Waals surface area contributed by atoms with Crippen LogP contribution in [0, 0.1) is 4.91 Å². The molecule has 0 aliphatic carbocycles. The number of nitroso groups, excluding NO2 is 1. The highest BCUT2D eigenvalue weighted by molar-refractivity contribution is 4.75. The first kappa shape index (κ1) is 9.86. The van der Waals surface area contributed by atoms with Crippen molar-refractivity contribution >= 4 is 0 Å². The lowest BCUT2D eigenvalue weighted by Gasteiger charge is -2.32. The van der Waals surface area contributed by atoms with Crippen molar-refractivity contribution in [3.8, 4) is 0 Å². The van der Waals surface area contributed by atoms with Gasteiger partial charge in [0, 0.05) is 26.2 Å². The normalized spacial score (nSPS) is 29.4. The van der Waals surface area contributed by atoms with E-state index >= 15 is 0 Å². The van der Waals surface area contributed by atoms with Gasteiger partial charge in [0.05, 0.1) is 24.5 Å². The van der Waals surface area contributed by atoms with Crippen LogP contribution in [0.15, 0.2) is 5.29 Å². The molecule has 1 atom stereocenters. The minimum atomic E-state index is 0.422. The molecule has 0 spiro atoms. The van der Waals surface area contributed by atoms with Gasteiger partial charge in [0.15, 0.2) is 0 Å². The minimum Gasteiger partial charge on any atom is -0.377 e. The molecule has 2 saturated heterocycles. The fraction of sp³-hybridized carbons (Fsp3) is 1.00. The molecular formula is C9H17N3O2. The zero-order valence-corrected chi connectivity index (χ0v) is 8.39. The quantitative estimate of drug-likeness (QED) is 0.620. The number of ether oxygens (including phenoxy) is 1. The SMILES string of the molecule is O=NN1CCN(CC2CCCO2)CC1. The molecule has 2 heterocycles. The Balaban J connectivity index is 1.69. The third-order valence-corrected chi connectivity index (χ3v) is 2.95. The Morgan fingerprint density at radius 2 is 2.07 bits per heavy atom. The van der Waals surface area contributed by atoms with Crippen molar-refractivity contribution in [3.63, 3.8) is 0 Å². The second-order valence-electron chi connectivity index (χ2n) is 3.97. The van der Waals surface area contributed by atoms with Crippen LogP contribution in [-0.2, 0) is 4.74 Å². The fourth-order valence-corrected chi connectivity index (χ4v) is 2.08. The molecule has 2 aliphatic rings. The Hall–Kier alpha value is -0.680. The van der Waals surface area contributed by atoms with Crippen LogP contribution in [0.3, 0.4) is 0 Å². The molecule has 80 valence electrons. The molecule has 0 amide bonds. The first-order valence-corrected chi connectivity index (χ1v) is 5.30. The summed E-state index contributed by atoms with van der Waals surface area (Å²) in [5.41, 5.74) is 0. The standard InChI is InChI=1S/C9H17N3O2/c13-10-12-5-3-11(4-6-12)8-9-2-1-7-14-9/h9H,1-8H2. The van der Waals surface area contributed by atoms with Gasteiger partial charge in [-0.15, -0.1) is 4.91 Å². The van der Waals surface area contributed by atoms with Gasteiger partial charge in [-0.1, -0.05) is 0 Å². The predicted molar refractivity (Wildman–Crippen MR) is 52.8 cm³/mol. The lowest BCUT2D eigenvalue weighted by atomic mass is 10.2. The molecule has 0 N–H and O–H groups in total. The second-order valence-corrected chi connectivity index (χ2v) is 3.97. The Kier molecular flexibility index (Phi) is 3.31. The van der Waals surface area contributed by atoms with Crippen LogP contribution in [0.1, 0.15) is 12.8 Å². The van der Waals surface area contributed by atoms with E-state index in [1.54, 1.807) is 5.01 Å². The maximum absolute atomic E-state index is 10.2. The van der Waals surface area contributed by atoms with Crippen molar-refractivity contribution in [2.75, 3.05) is 39.3 Å². The molecule has 0 radical (unpaired) electrons. The van der Waals surface area contributed by atoms with E-state index in [2.05, 4.69) is 10.2 Å². The third kappa shape index (κ3) is 2.42. The van der Waals surface area contributed by atoms with Crippen molar-refractivity contribution in [3.05, 3.63) is 4.91 Å². The number of hydrogen-bond donors (Lipinski definition) is 0. The minimum absolute atomic E-state index is 0.422. The molecular weight excluding hydrogens is 182 g/mol. The number of hydrogen-bond acceptors (Lipinski definition) is 4. The van der Waals surface area contributed by atoms with Crippen LogP contribution in [0.4, 0.5) is 0 Å². The summed E-state index contributed by atoms with van der Waals surface area (Å²) in [6, 6.07) is 0. The Bertz CT molecular complexity index is 186. The van der Waals surface area contributed by atoms with Gasteiger partial charge < -0.3 is 4.74 Å². The van der Waals surface area contributed by atoms with Crippen LogP contribution < -0.4 is 0 Å². The molecule has 0 saturated carbocycles. The lowest BCUT2D eigenvalue weighted by molar-refractivity contribution is 0.0507. The highest BCUT2D eigenvalue weighted by atomic mass is 16.5. The highest BCUT2D eigenvalue weighted by Gasteiger charge is 2.22. The third-order valence-electron chi connectivity index (χ3n) is 2.95. The van der Waals surface area contributed by atoms with E-state index in [1.165, 1.54) is 12.8 Å². The van der Waals surface area contributed by atoms with E-state index in [0.717, 1.165) is 39.3 Å². The maximum atomic E-state index is 10.2. The van der Waals surface area contributed by atoms with E-state index in [0.29, 0.717) is 6.10 Å². The summed E-state index contributed by atoms with van der Waals surface area (Å²) in [4.78, 5) is 12.6. The first-order chi connectivity index (χ1) is 6.88. The number of piperazine rings is 1. The smallest absolute Gasteiger partial charge is 0.0702 e. The molecule has 0 aromatic heterocycles. The van der Waals surface area contributed by atoms with E-state index in [1.807, 2.05) is 0 Å². The molecule has 2 fully saturated rings. The summed E-state index contributed by atoms with van der Waals surface area (Å²) in [6.07, 6.45) is 2.80. The molecule has 1 unspecified atom stereocenters. The second kappa shape index (κ2) is 4.70. The first-order valence-electron chi connectivity index (χ1n) is 5.30. The van der Waals surface area contributed by atoms with Crippen molar-refractivity contribution in [1.82, 2.24) is 9.91 Å². The molecule has 2 rings (SSSR count). The zero-order chi connectivity index (χ0) is 9.80. The van der Waals surface area contributed by atoms with Gasteiger partial charge in [-0.2, -0.15) is 0 Å². The summed E-state index contributed by atoms with van der Waals surface area (Å²) in [6.45, 7) is 5.33. The highest BCUT2D eigenvalue weighted by Crippen LogP contribution is 2.14. The summed E-state index contributed by atoms with van der Waals surface area (Å²) in [5.74, 6) is 0. The predicted octanol–water partition coefficient (Wildman–Crippen LogP) is 0.464. The van der Waals surface area contributed by atoms with E-state index in [4.69, 9.17) is 4.74 Å². The molecule has 5 heteroatoms. The number of nitrogens with zero attached hydrogens (tertiary/aromatic N) is 3. The Morgan fingerprint density at radius 3 is 2.64 bits per heavy atom. The summed E-state index contributed by atoms with van der Waals surface area (Å²) in [5, 5.41) is 4.53. The van der Waals surface area contributed by atoms with Crippen LogP contribution in [-0.4, -0.2) is 55.3 Å². The van der Waals surface area contributed by atoms with Crippen LogP contribution >= 0.6 is 0 Å². The topological polar surface area (TPSA) is 45.1 Å². The van der Waals surface area contributed by atoms with Crippen molar-refractivity contribution in [2.45, 2.75) is 18.9 Å². The average molecular weight is 199 g/mol. The molecule has 0 aromatic rings. The zero-order valence-electron chi connectivity index (χ0n) is 8.39. The van der Waals surface area contributed by atoms with Crippen LogP contribution in [0.2, 0.25) is 0 Å². The summed E-state index contributed by atoms with van der Waals surface area (Å²) < 4.78 is 5.57. The largest absolute Gasteiger partial charge is 0.377 e. The monoisotopic (exact) mass is 199 g/mol. The Labute approximate surface area is 83.9 Å². The van der Waals surface area contributed by atoms with E-state index < -0.39 is 0 Å². The van der Waals surface area contributed by atoms with Gasteiger partial charge in [-0.05, 0) is 12.8 Å². The van der Waals surface area contributed by atoms with Gasteiger partial charge in [0.2, 0.25) is 0 Å². The van der Waals surface area contributed by atoms with E-state index in [-0.39, 0.29) is 0 Å². The van der Waals surface area contributed by atoms with Crippen molar-refractivity contribution in [1.29, 1.82) is 0 Å². The van der Waals surface area contributed by atoms with Crippen LogP contribution in [0.25, 0.3) is 0 Å². The lowest BCUT2D eigenvalue weighted by Crippen LogP contribution is -2.46. The molecule has 14 heavy (non-hydrogen) atoms. The fourth-order valence-electron chi connectivity index (χ4n) is 2.08. The van der Waals surface area contributed by atoms with Crippen LogP contribution in [0.5, 0.6) is 0 Å². The molecule has 2 aliphatic heterocycles. The van der Waals surface area contributed by atoms with Crippen molar-refractivity contribution in [2.24, 2.45) is 5.29 Å². The van der Waals surface area contributed by atoms with Gasteiger partial charge in [-0.25, -0.2) is 0 Å². The van der Waals surface area contributed by atoms with Gasteiger partial charge in [0.25, 0.3) is 0 Å². The summed E-state index contributed by atoms with van der Waals surface area (Å²) >= 11 is 0. The molecule has 5 nitrogen and oxygen atoms in total. The van der Waals surface area contributed by atoms with E-state index in [9.17, 15) is 4.91 Å². The molecule has 0 bridgehead atoms. The molecule has 0 aromatic carbocycles. The van der Waals surface area contributed by atoms with Gasteiger partial charge in [0.1, 0.15) is 0 Å². The van der Waals surface area contributed by atoms with Gasteiger partial charge >= 0.3 is 0 Å².